The minimum absolute atomic E-state index is 0.0190. The van der Waals surface area contributed by atoms with Crippen LogP contribution in [0.4, 0.5) is 0 Å². The van der Waals surface area contributed by atoms with E-state index in [-0.39, 0.29) is 29.8 Å². The molecule has 0 spiro atoms. The van der Waals surface area contributed by atoms with E-state index in [0.717, 1.165) is 17.5 Å². The molecule has 2 aromatic carbocycles. The van der Waals surface area contributed by atoms with Crippen molar-refractivity contribution in [2.24, 2.45) is 5.92 Å². The molecule has 1 fully saturated rings. The van der Waals surface area contributed by atoms with Gasteiger partial charge in [-0.3, -0.25) is 4.57 Å². The molecule has 1 aliphatic rings. The molecule has 1 saturated carbocycles. The van der Waals surface area contributed by atoms with E-state index >= 15 is 0 Å². The van der Waals surface area contributed by atoms with Crippen LogP contribution in [0, 0.1) is 5.92 Å². The summed E-state index contributed by atoms with van der Waals surface area (Å²) in [6.07, 6.45) is 3.00. The van der Waals surface area contributed by atoms with Crippen LogP contribution in [0.25, 0.3) is 0 Å². The average molecular weight is 436 g/mol. The van der Waals surface area contributed by atoms with Gasteiger partial charge in [-0.05, 0) is 30.9 Å². The largest absolute Gasteiger partial charge is 0.464 e. The van der Waals surface area contributed by atoms with E-state index < -0.39 is 0 Å². The first kappa shape index (κ1) is 22.2. The second kappa shape index (κ2) is 11.0. The van der Waals surface area contributed by atoms with Crippen LogP contribution in [0.2, 0.25) is 0 Å². The van der Waals surface area contributed by atoms with Gasteiger partial charge in [0.05, 0.1) is 32.5 Å². The Hall–Kier alpha value is -3.03. The Balaban J connectivity index is 1.43. The molecule has 32 heavy (non-hydrogen) atoms. The van der Waals surface area contributed by atoms with Crippen LogP contribution < -0.4 is 10.4 Å². The van der Waals surface area contributed by atoms with E-state index in [2.05, 4.69) is 34.2 Å². The van der Waals surface area contributed by atoms with Gasteiger partial charge < -0.3 is 14.2 Å². The van der Waals surface area contributed by atoms with Crippen molar-refractivity contribution in [1.82, 2.24) is 14.5 Å². The van der Waals surface area contributed by atoms with Gasteiger partial charge >= 0.3 is 11.7 Å². The Bertz CT molecular complexity index is 1030. The van der Waals surface area contributed by atoms with Crippen molar-refractivity contribution in [2.75, 3.05) is 13.2 Å². The monoisotopic (exact) mass is 435 g/mol. The minimum Gasteiger partial charge on any atom is -0.464 e. The number of ether oxygens (including phenoxy) is 3. The third-order valence-corrected chi connectivity index (χ3v) is 5.73. The zero-order chi connectivity index (χ0) is 22.2. The first-order chi connectivity index (χ1) is 15.7. The molecule has 1 heterocycles. The highest BCUT2D eigenvalue weighted by molar-refractivity contribution is 5.14. The van der Waals surface area contributed by atoms with Gasteiger partial charge in [-0.15, -0.1) is 4.98 Å². The summed E-state index contributed by atoms with van der Waals surface area (Å²) in [6.45, 7) is 3.91. The van der Waals surface area contributed by atoms with Crippen molar-refractivity contribution >= 4 is 0 Å². The molecule has 7 nitrogen and oxygen atoms in total. The lowest BCUT2D eigenvalue weighted by atomic mass is 10.1. The highest BCUT2D eigenvalue weighted by atomic mass is 16.5. The maximum absolute atomic E-state index is 12.6. The topological polar surface area (TPSA) is 75.5 Å². The summed E-state index contributed by atoms with van der Waals surface area (Å²) in [5, 5.41) is 0. The molecule has 0 amide bonds. The number of nitrogens with zero attached hydrogens (tertiary/aromatic N) is 3. The molecule has 1 aromatic heterocycles. The van der Waals surface area contributed by atoms with Crippen LogP contribution in [0.1, 0.15) is 36.9 Å². The number of hydrogen-bond donors (Lipinski definition) is 0. The molecule has 4 rings (SSSR count). The van der Waals surface area contributed by atoms with Gasteiger partial charge in [0.15, 0.2) is 0 Å². The first-order valence-corrected chi connectivity index (χ1v) is 11.1. The Labute approximate surface area is 188 Å². The average Bonchev–Trinajstić information content (AvgIpc) is 3.22. The molecule has 0 radical (unpaired) electrons. The lowest BCUT2D eigenvalue weighted by molar-refractivity contribution is -0.0190. The van der Waals surface area contributed by atoms with Crippen LogP contribution >= 0.6 is 0 Å². The fourth-order valence-electron chi connectivity index (χ4n) is 4.12. The van der Waals surface area contributed by atoms with Gasteiger partial charge in [0.2, 0.25) is 0 Å². The molecule has 3 aromatic rings. The van der Waals surface area contributed by atoms with E-state index in [1.807, 2.05) is 43.3 Å². The zero-order valence-electron chi connectivity index (χ0n) is 18.3. The van der Waals surface area contributed by atoms with Crippen molar-refractivity contribution < 1.29 is 14.2 Å². The smallest absolute Gasteiger partial charge is 0.353 e. The molecule has 168 valence electrons. The summed E-state index contributed by atoms with van der Waals surface area (Å²) in [4.78, 5) is 20.7. The van der Waals surface area contributed by atoms with Crippen molar-refractivity contribution in [2.45, 2.75) is 45.1 Å². The van der Waals surface area contributed by atoms with Gasteiger partial charge in [-0.2, -0.15) is 4.98 Å². The molecule has 3 atom stereocenters. The maximum atomic E-state index is 12.6. The van der Waals surface area contributed by atoms with Crippen LogP contribution in [0.3, 0.4) is 0 Å². The van der Waals surface area contributed by atoms with E-state index in [1.54, 1.807) is 4.57 Å². The Morgan fingerprint density at radius 3 is 2.31 bits per heavy atom. The molecule has 0 unspecified atom stereocenters. The highest BCUT2D eigenvalue weighted by Gasteiger charge is 2.37. The molecule has 1 aliphatic carbocycles. The summed E-state index contributed by atoms with van der Waals surface area (Å²) < 4.78 is 19.2. The quantitative estimate of drug-likeness (QED) is 0.482. The fraction of sp³-hybridized carbons (Fsp3) is 0.400. The van der Waals surface area contributed by atoms with Crippen molar-refractivity contribution in [3.63, 3.8) is 0 Å². The third kappa shape index (κ3) is 5.81. The van der Waals surface area contributed by atoms with Gasteiger partial charge in [0.1, 0.15) is 6.33 Å². The van der Waals surface area contributed by atoms with Gasteiger partial charge in [-0.25, -0.2) is 4.79 Å². The van der Waals surface area contributed by atoms with E-state index in [1.165, 1.54) is 6.33 Å². The zero-order valence-corrected chi connectivity index (χ0v) is 18.3. The number of aromatic nitrogens is 3. The molecule has 7 heteroatoms. The van der Waals surface area contributed by atoms with E-state index in [4.69, 9.17) is 14.2 Å². The summed E-state index contributed by atoms with van der Waals surface area (Å²) in [6, 6.07) is 20.3. The molecule has 0 bridgehead atoms. The van der Waals surface area contributed by atoms with Crippen LogP contribution in [0.15, 0.2) is 71.8 Å². The van der Waals surface area contributed by atoms with Crippen molar-refractivity contribution in [1.29, 1.82) is 0 Å². The molecule has 0 aliphatic heterocycles. The molecule has 0 saturated heterocycles. The van der Waals surface area contributed by atoms with Crippen LogP contribution in [-0.4, -0.2) is 33.9 Å². The van der Waals surface area contributed by atoms with E-state index in [0.29, 0.717) is 32.8 Å². The SMILES string of the molecule is CCOc1ncn([C@@H]2C[C@H](COCc3ccccc3)[C@@H](OCc3ccccc3)C2)c(=O)n1. The Kier molecular flexibility index (Phi) is 7.64. The van der Waals surface area contributed by atoms with Crippen molar-refractivity contribution in [3.05, 3.63) is 88.6 Å². The normalized spacial score (nSPS) is 20.3. The predicted octanol–water partition coefficient (Wildman–Crippen LogP) is 3.79. The van der Waals surface area contributed by atoms with Crippen LogP contribution in [0.5, 0.6) is 6.01 Å². The fourth-order valence-corrected chi connectivity index (χ4v) is 4.12. The summed E-state index contributed by atoms with van der Waals surface area (Å²) in [7, 11) is 0. The molecule has 0 N–H and O–H groups in total. The van der Waals surface area contributed by atoms with Gasteiger partial charge in [0, 0.05) is 12.0 Å². The summed E-state index contributed by atoms with van der Waals surface area (Å²) in [5.74, 6) is 0.172. The second-order valence-electron chi connectivity index (χ2n) is 7.98. The first-order valence-electron chi connectivity index (χ1n) is 11.1. The number of rotatable bonds is 10. The van der Waals surface area contributed by atoms with E-state index in [9.17, 15) is 4.79 Å². The highest BCUT2D eigenvalue weighted by Crippen LogP contribution is 2.37. The lowest BCUT2D eigenvalue weighted by Crippen LogP contribution is -2.27. The van der Waals surface area contributed by atoms with Gasteiger partial charge in [-0.1, -0.05) is 60.7 Å². The lowest BCUT2D eigenvalue weighted by Gasteiger charge is -2.20. The number of benzene rings is 2. The third-order valence-electron chi connectivity index (χ3n) is 5.73. The standard InChI is InChI=1S/C25H29N3O4/c1-2-31-24-26-18-28(25(29)27-24)22-13-21(17-30-15-19-9-5-3-6-10-19)23(14-22)32-16-20-11-7-4-8-12-20/h3-12,18,21-23H,2,13-17H2,1H3/t21-,22-,23+/m1/s1. The maximum Gasteiger partial charge on any atom is 0.353 e. The number of hydrogen-bond acceptors (Lipinski definition) is 6. The molecular formula is C25H29N3O4. The minimum atomic E-state index is -0.346. The summed E-state index contributed by atoms with van der Waals surface area (Å²) in [5.41, 5.74) is 1.92. The molecular weight excluding hydrogens is 406 g/mol. The van der Waals surface area contributed by atoms with Crippen LogP contribution in [-0.2, 0) is 22.7 Å². The predicted molar refractivity (Wildman–Crippen MR) is 120 cm³/mol. The Morgan fingerprint density at radius 2 is 1.66 bits per heavy atom. The van der Waals surface area contributed by atoms with Gasteiger partial charge in [0.25, 0.3) is 0 Å². The summed E-state index contributed by atoms with van der Waals surface area (Å²) >= 11 is 0. The Morgan fingerprint density at radius 1 is 0.969 bits per heavy atom. The second-order valence-corrected chi connectivity index (χ2v) is 7.98. The van der Waals surface area contributed by atoms with Crippen molar-refractivity contribution in [3.8, 4) is 6.01 Å².